The van der Waals surface area contributed by atoms with Crippen LogP contribution in [0, 0.1) is 12.3 Å². The van der Waals surface area contributed by atoms with Crippen molar-refractivity contribution in [2.24, 2.45) is 0 Å². The molecule has 0 bridgehead atoms. The van der Waals surface area contributed by atoms with Gasteiger partial charge in [-0.25, -0.2) is 0 Å². The minimum Gasteiger partial charge on any atom is -0.395 e. The van der Waals surface area contributed by atoms with E-state index in [1.54, 1.807) is 0 Å². The second-order valence-electron chi connectivity index (χ2n) is 6.61. The molecule has 0 heterocycles. The van der Waals surface area contributed by atoms with E-state index in [2.05, 4.69) is 5.92 Å². The van der Waals surface area contributed by atoms with E-state index in [9.17, 15) is 10.2 Å². The maximum absolute atomic E-state index is 10.3. The summed E-state index contributed by atoms with van der Waals surface area (Å²) in [7, 11) is 0. The number of hydrogen-bond acceptors (Lipinski definition) is 4. The normalized spacial score (nSPS) is 18.2. The van der Waals surface area contributed by atoms with E-state index in [0.29, 0.717) is 19.6 Å². The highest BCUT2D eigenvalue weighted by Crippen LogP contribution is 2.31. The van der Waals surface area contributed by atoms with Crippen LogP contribution in [-0.2, 0) is 11.3 Å². The first-order valence-corrected chi connectivity index (χ1v) is 8.84. The molecule has 1 aliphatic rings. The zero-order valence-electron chi connectivity index (χ0n) is 14.4. The zero-order chi connectivity index (χ0) is 17.3. The molecule has 1 aromatic carbocycles. The number of aliphatic hydroxyl groups excluding tert-OH is 2. The number of rotatable bonds is 9. The molecule has 0 aromatic heterocycles. The molecule has 2 rings (SSSR count). The number of hydrogen-bond donors (Lipinski definition) is 2. The lowest BCUT2D eigenvalue weighted by Crippen LogP contribution is -2.40. The fourth-order valence-corrected chi connectivity index (χ4v) is 3.28. The first kappa shape index (κ1) is 19.0. The van der Waals surface area contributed by atoms with Gasteiger partial charge in [-0.15, -0.1) is 6.42 Å². The summed E-state index contributed by atoms with van der Waals surface area (Å²) >= 11 is 0. The van der Waals surface area contributed by atoms with Crippen LogP contribution < -0.4 is 0 Å². The van der Waals surface area contributed by atoms with Crippen molar-refractivity contribution in [3.8, 4) is 12.3 Å². The Labute approximate surface area is 145 Å². The van der Waals surface area contributed by atoms with Gasteiger partial charge in [0.2, 0.25) is 0 Å². The molecule has 132 valence electrons. The molecule has 0 spiro atoms. The SMILES string of the molecule is C#CC1(OC[C@H](O)CN(CCO)Cc2ccccc2)CCCCC1. The molecule has 0 amide bonds. The van der Waals surface area contributed by atoms with Crippen molar-refractivity contribution in [3.63, 3.8) is 0 Å². The Hall–Kier alpha value is -1.38. The zero-order valence-corrected chi connectivity index (χ0v) is 14.4. The minimum absolute atomic E-state index is 0.0642. The monoisotopic (exact) mass is 331 g/mol. The van der Waals surface area contributed by atoms with Crippen LogP contribution in [-0.4, -0.2) is 53.1 Å². The third kappa shape index (κ3) is 5.92. The molecule has 1 aromatic rings. The molecule has 1 aliphatic carbocycles. The average molecular weight is 331 g/mol. The molecular weight excluding hydrogens is 302 g/mol. The summed E-state index contributed by atoms with van der Waals surface area (Å²) < 4.78 is 5.94. The van der Waals surface area contributed by atoms with Crippen LogP contribution in [0.1, 0.15) is 37.7 Å². The highest BCUT2D eigenvalue weighted by molar-refractivity contribution is 5.14. The van der Waals surface area contributed by atoms with E-state index in [1.807, 2.05) is 35.2 Å². The van der Waals surface area contributed by atoms with Gasteiger partial charge in [0.05, 0.1) is 19.3 Å². The molecule has 1 atom stereocenters. The predicted molar refractivity (Wildman–Crippen MR) is 95.4 cm³/mol. The fraction of sp³-hybridized carbons (Fsp3) is 0.600. The number of aliphatic hydroxyl groups is 2. The van der Waals surface area contributed by atoms with Gasteiger partial charge in [-0.1, -0.05) is 42.7 Å². The Morgan fingerprint density at radius 3 is 2.54 bits per heavy atom. The summed E-state index contributed by atoms with van der Waals surface area (Å²) in [5.41, 5.74) is 0.659. The summed E-state index contributed by atoms with van der Waals surface area (Å²) in [6.07, 6.45) is 10.2. The van der Waals surface area contributed by atoms with E-state index in [0.717, 1.165) is 31.2 Å². The van der Waals surface area contributed by atoms with Gasteiger partial charge in [-0.2, -0.15) is 0 Å². The topological polar surface area (TPSA) is 52.9 Å². The van der Waals surface area contributed by atoms with Crippen LogP contribution in [0.25, 0.3) is 0 Å². The summed E-state index contributed by atoms with van der Waals surface area (Å²) in [5.74, 6) is 2.80. The highest BCUT2D eigenvalue weighted by atomic mass is 16.5. The molecule has 0 aliphatic heterocycles. The number of nitrogens with zero attached hydrogens (tertiary/aromatic N) is 1. The van der Waals surface area contributed by atoms with Crippen LogP contribution in [0.4, 0.5) is 0 Å². The standard InChI is InChI=1S/C20H29NO3/c1-2-20(11-7-4-8-12-20)24-17-19(23)16-21(13-14-22)15-18-9-5-3-6-10-18/h1,3,5-6,9-10,19,22-23H,4,7-8,11-17H2/t19-/m1/s1. The highest BCUT2D eigenvalue weighted by Gasteiger charge is 2.31. The predicted octanol–water partition coefficient (Wildman–Crippen LogP) is 2.19. The Kier molecular flexibility index (Phi) is 7.74. The number of benzene rings is 1. The van der Waals surface area contributed by atoms with Crippen molar-refractivity contribution >= 4 is 0 Å². The van der Waals surface area contributed by atoms with Crippen LogP contribution in [0.2, 0.25) is 0 Å². The van der Waals surface area contributed by atoms with E-state index < -0.39 is 11.7 Å². The van der Waals surface area contributed by atoms with Gasteiger partial charge in [-0.05, 0) is 31.2 Å². The molecular formula is C20H29NO3. The van der Waals surface area contributed by atoms with Crippen LogP contribution in [0.3, 0.4) is 0 Å². The lowest BCUT2D eigenvalue weighted by atomic mass is 9.85. The molecule has 1 fully saturated rings. The molecule has 0 unspecified atom stereocenters. The Morgan fingerprint density at radius 2 is 1.92 bits per heavy atom. The molecule has 0 saturated heterocycles. The van der Waals surface area contributed by atoms with Crippen LogP contribution in [0.15, 0.2) is 30.3 Å². The lowest BCUT2D eigenvalue weighted by molar-refractivity contribution is -0.0706. The molecule has 0 radical (unpaired) electrons. The Bertz CT molecular complexity index is 505. The van der Waals surface area contributed by atoms with Crippen molar-refractivity contribution in [3.05, 3.63) is 35.9 Å². The van der Waals surface area contributed by atoms with Gasteiger partial charge in [0.1, 0.15) is 5.60 Å². The summed E-state index contributed by atoms with van der Waals surface area (Å²) in [4.78, 5) is 2.03. The molecule has 2 N–H and O–H groups in total. The largest absolute Gasteiger partial charge is 0.395 e. The number of terminal acetylenes is 1. The van der Waals surface area contributed by atoms with Gasteiger partial charge in [0, 0.05) is 19.6 Å². The van der Waals surface area contributed by atoms with Crippen LogP contribution in [0.5, 0.6) is 0 Å². The maximum Gasteiger partial charge on any atom is 0.128 e. The summed E-state index contributed by atoms with van der Waals surface area (Å²) in [6.45, 7) is 1.97. The van der Waals surface area contributed by atoms with Crippen molar-refractivity contribution in [1.29, 1.82) is 0 Å². The number of ether oxygens (including phenoxy) is 1. The molecule has 4 nitrogen and oxygen atoms in total. The minimum atomic E-state index is -0.618. The smallest absolute Gasteiger partial charge is 0.128 e. The molecule has 24 heavy (non-hydrogen) atoms. The van der Waals surface area contributed by atoms with E-state index >= 15 is 0 Å². The van der Waals surface area contributed by atoms with Gasteiger partial charge in [0.25, 0.3) is 0 Å². The Morgan fingerprint density at radius 1 is 1.21 bits per heavy atom. The van der Waals surface area contributed by atoms with Crippen molar-refractivity contribution < 1.29 is 14.9 Å². The van der Waals surface area contributed by atoms with Crippen molar-refractivity contribution in [2.75, 3.05) is 26.3 Å². The fourth-order valence-electron chi connectivity index (χ4n) is 3.28. The van der Waals surface area contributed by atoms with Crippen LogP contribution >= 0.6 is 0 Å². The lowest BCUT2D eigenvalue weighted by Gasteiger charge is -2.34. The van der Waals surface area contributed by atoms with Gasteiger partial charge in [-0.3, -0.25) is 4.90 Å². The van der Waals surface area contributed by atoms with E-state index in [4.69, 9.17) is 11.2 Å². The quantitative estimate of drug-likeness (QED) is 0.681. The summed E-state index contributed by atoms with van der Waals surface area (Å²) in [5, 5.41) is 19.6. The molecule has 4 heteroatoms. The second-order valence-corrected chi connectivity index (χ2v) is 6.61. The third-order valence-electron chi connectivity index (χ3n) is 4.61. The average Bonchev–Trinajstić information content (AvgIpc) is 2.62. The Balaban J connectivity index is 1.83. The first-order chi connectivity index (χ1) is 11.7. The van der Waals surface area contributed by atoms with Crippen molar-refractivity contribution in [1.82, 2.24) is 4.90 Å². The maximum atomic E-state index is 10.3. The van der Waals surface area contributed by atoms with Gasteiger partial charge >= 0.3 is 0 Å². The third-order valence-corrected chi connectivity index (χ3v) is 4.61. The molecule has 1 saturated carbocycles. The van der Waals surface area contributed by atoms with E-state index in [-0.39, 0.29) is 13.2 Å². The first-order valence-electron chi connectivity index (χ1n) is 8.84. The van der Waals surface area contributed by atoms with Gasteiger partial charge in [0.15, 0.2) is 0 Å². The van der Waals surface area contributed by atoms with Crippen molar-refractivity contribution in [2.45, 2.75) is 50.4 Å². The second kappa shape index (κ2) is 9.80. The summed E-state index contributed by atoms with van der Waals surface area (Å²) in [6, 6.07) is 10.1. The van der Waals surface area contributed by atoms with E-state index in [1.165, 1.54) is 6.42 Å². The van der Waals surface area contributed by atoms with Gasteiger partial charge < -0.3 is 14.9 Å².